The molecule has 0 bridgehead atoms. The molecule has 0 saturated carbocycles. The third-order valence-electron chi connectivity index (χ3n) is 3.27. The Kier molecular flexibility index (Phi) is 3.67. The highest BCUT2D eigenvalue weighted by Gasteiger charge is 2.37. The number of hydrogen-bond acceptors (Lipinski definition) is 4. The summed E-state index contributed by atoms with van der Waals surface area (Å²) in [6.07, 6.45) is 1.47. The number of aromatic nitrogens is 2. The average Bonchev–Trinajstić information content (AvgIpc) is 2.79. The number of benzene rings is 1. The van der Waals surface area contributed by atoms with Gasteiger partial charge >= 0.3 is 0 Å². The molecule has 1 aromatic heterocycles. The standard InChI is InChI=1S/C14H17FN2O3/c1-14(18,13-11(20-4)8-16-17(13)2)12-9(15)6-5-7-10(12)19-3/h5-8,18H,1-4H3. The second-order valence-electron chi connectivity index (χ2n) is 4.57. The molecule has 1 heterocycles. The summed E-state index contributed by atoms with van der Waals surface area (Å²) in [5.41, 5.74) is -1.25. The zero-order chi connectivity index (χ0) is 14.9. The minimum Gasteiger partial charge on any atom is -0.496 e. The van der Waals surface area contributed by atoms with E-state index in [1.54, 1.807) is 13.1 Å². The minimum atomic E-state index is -1.65. The van der Waals surface area contributed by atoms with Gasteiger partial charge in [-0.15, -0.1) is 0 Å². The highest BCUT2D eigenvalue weighted by atomic mass is 19.1. The number of ether oxygens (including phenoxy) is 2. The molecule has 2 rings (SSSR count). The molecule has 1 atom stereocenters. The van der Waals surface area contributed by atoms with E-state index in [9.17, 15) is 9.50 Å². The van der Waals surface area contributed by atoms with E-state index >= 15 is 0 Å². The van der Waals surface area contributed by atoms with Gasteiger partial charge < -0.3 is 14.6 Å². The Morgan fingerprint density at radius 2 is 1.90 bits per heavy atom. The van der Waals surface area contributed by atoms with Crippen LogP contribution in [0.1, 0.15) is 18.2 Å². The molecule has 0 aliphatic carbocycles. The predicted molar refractivity (Wildman–Crippen MR) is 71.4 cm³/mol. The van der Waals surface area contributed by atoms with Crippen LogP contribution in [0.25, 0.3) is 0 Å². The molecule has 108 valence electrons. The van der Waals surface area contributed by atoms with Crippen LogP contribution in [0.2, 0.25) is 0 Å². The van der Waals surface area contributed by atoms with Crippen molar-refractivity contribution >= 4 is 0 Å². The van der Waals surface area contributed by atoms with Crippen LogP contribution >= 0.6 is 0 Å². The van der Waals surface area contributed by atoms with Gasteiger partial charge in [0.25, 0.3) is 0 Å². The van der Waals surface area contributed by atoms with E-state index in [0.29, 0.717) is 11.4 Å². The molecule has 0 amide bonds. The fraction of sp³-hybridized carbons (Fsp3) is 0.357. The molecule has 20 heavy (non-hydrogen) atoms. The third-order valence-corrected chi connectivity index (χ3v) is 3.27. The van der Waals surface area contributed by atoms with Crippen LogP contribution in [-0.4, -0.2) is 29.1 Å². The van der Waals surface area contributed by atoms with Crippen molar-refractivity contribution in [3.05, 3.63) is 41.5 Å². The summed E-state index contributed by atoms with van der Waals surface area (Å²) in [6, 6.07) is 4.39. The summed E-state index contributed by atoms with van der Waals surface area (Å²) in [5, 5.41) is 14.9. The zero-order valence-electron chi connectivity index (χ0n) is 11.8. The molecule has 5 nitrogen and oxygen atoms in total. The lowest BCUT2D eigenvalue weighted by Crippen LogP contribution is -2.28. The third kappa shape index (κ3) is 2.12. The van der Waals surface area contributed by atoms with Gasteiger partial charge in [0.15, 0.2) is 5.75 Å². The molecule has 1 N–H and O–H groups in total. The first kappa shape index (κ1) is 14.3. The highest BCUT2D eigenvalue weighted by Crippen LogP contribution is 2.40. The Hall–Kier alpha value is -2.08. The molecule has 0 aliphatic heterocycles. The van der Waals surface area contributed by atoms with E-state index in [-0.39, 0.29) is 11.3 Å². The number of methoxy groups -OCH3 is 2. The predicted octanol–water partition coefficient (Wildman–Crippen LogP) is 1.83. The lowest BCUT2D eigenvalue weighted by atomic mass is 9.90. The van der Waals surface area contributed by atoms with Gasteiger partial charge in [0, 0.05) is 7.05 Å². The van der Waals surface area contributed by atoms with Crippen LogP contribution in [-0.2, 0) is 12.6 Å². The lowest BCUT2D eigenvalue weighted by Gasteiger charge is -2.27. The Labute approximate surface area is 116 Å². The van der Waals surface area contributed by atoms with Crippen molar-refractivity contribution in [3.8, 4) is 11.5 Å². The van der Waals surface area contributed by atoms with Crippen molar-refractivity contribution in [2.24, 2.45) is 7.05 Å². The van der Waals surface area contributed by atoms with Crippen molar-refractivity contribution < 1.29 is 19.0 Å². The minimum absolute atomic E-state index is 0.0457. The van der Waals surface area contributed by atoms with Crippen LogP contribution in [0.3, 0.4) is 0 Å². The molecule has 2 aromatic rings. The number of aliphatic hydroxyl groups is 1. The van der Waals surface area contributed by atoms with Crippen molar-refractivity contribution in [1.29, 1.82) is 0 Å². The summed E-state index contributed by atoms with van der Waals surface area (Å²) in [6.45, 7) is 1.48. The molecule has 0 spiro atoms. The Balaban J connectivity index is 2.69. The van der Waals surface area contributed by atoms with Gasteiger partial charge in [0.05, 0.1) is 26.0 Å². The molecular weight excluding hydrogens is 263 g/mol. The first-order valence-electron chi connectivity index (χ1n) is 6.05. The molecule has 0 aliphatic rings. The van der Waals surface area contributed by atoms with Crippen molar-refractivity contribution in [3.63, 3.8) is 0 Å². The summed E-state index contributed by atoms with van der Waals surface area (Å²) in [7, 11) is 4.55. The molecule has 6 heteroatoms. The normalized spacial score (nSPS) is 13.9. The van der Waals surface area contributed by atoms with Gasteiger partial charge in [-0.2, -0.15) is 5.10 Å². The summed E-state index contributed by atoms with van der Waals surface area (Å²) >= 11 is 0. The van der Waals surface area contributed by atoms with Crippen LogP contribution in [0, 0.1) is 5.82 Å². The number of halogens is 1. The molecule has 0 saturated heterocycles. The van der Waals surface area contributed by atoms with Crippen LogP contribution < -0.4 is 9.47 Å². The highest BCUT2D eigenvalue weighted by molar-refractivity contribution is 5.46. The quantitative estimate of drug-likeness (QED) is 0.928. The average molecular weight is 280 g/mol. The maximum Gasteiger partial charge on any atom is 0.163 e. The van der Waals surface area contributed by atoms with Crippen LogP contribution in [0.5, 0.6) is 11.5 Å². The van der Waals surface area contributed by atoms with Gasteiger partial charge in [0.2, 0.25) is 0 Å². The fourth-order valence-corrected chi connectivity index (χ4v) is 2.39. The first-order valence-corrected chi connectivity index (χ1v) is 6.05. The number of hydrogen-bond donors (Lipinski definition) is 1. The topological polar surface area (TPSA) is 56.5 Å². The van der Waals surface area contributed by atoms with Gasteiger partial charge in [-0.05, 0) is 19.1 Å². The maximum atomic E-state index is 14.2. The SMILES string of the molecule is COc1cccc(F)c1C(C)(O)c1c(OC)cnn1C. The van der Waals surface area contributed by atoms with E-state index in [0.717, 1.165) is 0 Å². The molecule has 1 unspecified atom stereocenters. The first-order chi connectivity index (χ1) is 9.43. The second kappa shape index (κ2) is 5.13. The van der Waals surface area contributed by atoms with Gasteiger partial charge in [-0.3, -0.25) is 4.68 Å². The summed E-state index contributed by atoms with van der Waals surface area (Å²) in [5.74, 6) is 0.0821. The zero-order valence-corrected chi connectivity index (χ0v) is 11.8. The van der Waals surface area contributed by atoms with Crippen molar-refractivity contribution in [2.75, 3.05) is 14.2 Å². The van der Waals surface area contributed by atoms with Crippen LogP contribution in [0.15, 0.2) is 24.4 Å². The van der Waals surface area contributed by atoms with E-state index in [4.69, 9.17) is 9.47 Å². The number of rotatable bonds is 4. The smallest absolute Gasteiger partial charge is 0.163 e. The Bertz CT molecular complexity index is 623. The molecule has 1 aromatic carbocycles. The molecule has 0 radical (unpaired) electrons. The van der Waals surface area contributed by atoms with Crippen molar-refractivity contribution in [2.45, 2.75) is 12.5 Å². The van der Waals surface area contributed by atoms with Gasteiger partial charge in [0.1, 0.15) is 22.9 Å². The fourth-order valence-electron chi connectivity index (χ4n) is 2.39. The van der Waals surface area contributed by atoms with Crippen LogP contribution in [0.4, 0.5) is 4.39 Å². The summed E-state index contributed by atoms with van der Waals surface area (Å²) in [4.78, 5) is 0. The Morgan fingerprint density at radius 3 is 2.50 bits per heavy atom. The van der Waals surface area contributed by atoms with Gasteiger partial charge in [-0.1, -0.05) is 6.07 Å². The van der Waals surface area contributed by atoms with E-state index in [2.05, 4.69) is 5.10 Å². The number of aryl methyl sites for hydroxylation is 1. The van der Waals surface area contributed by atoms with E-state index in [1.165, 1.54) is 44.2 Å². The number of nitrogens with zero attached hydrogens (tertiary/aromatic N) is 2. The lowest BCUT2D eigenvalue weighted by molar-refractivity contribution is 0.0825. The van der Waals surface area contributed by atoms with Crippen molar-refractivity contribution in [1.82, 2.24) is 9.78 Å². The second-order valence-corrected chi connectivity index (χ2v) is 4.57. The van der Waals surface area contributed by atoms with Gasteiger partial charge in [-0.25, -0.2) is 4.39 Å². The summed E-state index contributed by atoms with van der Waals surface area (Å²) < 4.78 is 26.0. The Morgan fingerprint density at radius 1 is 1.25 bits per heavy atom. The molecule has 0 fully saturated rings. The molecular formula is C14H17FN2O3. The monoisotopic (exact) mass is 280 g/mol. The maximum absolute atomic E-state index is 14.2. The van der Waals surface area contributed by atoms with E-state index < -0.39 is 11.4 Å². The van der Waals surface area contributed by atoms with E-state index in [1.807, 2.05) is 0 Å². The largest absolute Gasteiger partial charge is 0.496 e.